The van der Waals surface area contributed by atoms with Crippen LogP contribution in [0.15, 0.2) is 94.9 Å². The molecule has 0 amide bonds. The molecule has 0 unspecified atom stereocenters. The molecule has 3 aromatic rings. The van der Waals surface area contributed by atoms with Crippen LogP contribution in [-0.4, -0.2) is 18.5 Å². The molecule has 0 N–H and O–H groups in total. The van der Waals surface area contributed by atoms with Crippen LogP contribution in [0, 0.1) is 0 Å². The highest BCUT2D eigenvalue weighted by molar-refractivity contribution is 8.03. The highest BCUT2D eigenvalue weighted by atomic mass is 32.2. The van der Waals surface area contributed by atoms with Gasteiger partial charge in [-0.2, -0.15) is 0 Å². The van der Waals surface area contributed by atoms with Crippen molar-refractivity contribution >= 4 is 35.0 Å². The Kier molecular flexibility index (Phi) is 4.96. The summed E-state index contributed by atoms with van der Waals surface area (Å²) < 4.78 is 4.92. The van der Waals surface area contributed by atoms with Crippen molar-refractivity contribution < 1.29 is 14.3 Å². The van der Waals surface area contributed by atoms with Crippen molar-refractivity contribution in [3.05, 3.63) is 101 Å². The van der Waals surface area contributed by atoms with Gasteiger partial charge in [-0.3, -0.25) is 0 Å². The summed E-state index contributed by atoms with van der Waals surface area (Å²) >= 11 is 1.67. The second-order valence-electron chi connectivity index (χ2n) is 7.20. The minimum atomic E-state index is -0.615. The summed E-state index contributed by atoms with van der Waals surface area (Å²) in [6, 6.07) is 23.8. The Bertz CT molecular complexity index is 1260. The van der Waals surface area contributed by atoms with E-state index in [2.05, 4.69) is 42.2 Å². The smallest absolute Gasteiger partial charge is 0.346 e. The van der Waals surface area contributed by atoms with E-state index < -0.39 is 11.9 Å². The van der Waals surface area contributed by atoms with E-state index in [0.29, 0.717) is 16.7 Å². The van der Waals surface area contributed by atoms with E-state index in [4.69, 9.17) is 4.74 Å². The molecule has 0 saturated carbocycles. The molecular weight excluding hydrogens is 406 g/mol. The van der Waals surface area contributed by atoms with Crippen LogP contribution in [0.1, 0.15) is 22.8 Å². The summed E-state index contributed by atoms with van der Waals surface area (Å²) in [6.45, 7) is 2.90. The first kappa shape index (κ1) is 19.4. The molecular formula is C26H19NO3S. The van der Waals surface area contributed by atoms with Gasteiger partial charge in [0, 0.05) is 17.0 Å². The van der Waals surface area contributed by atoms with Gasteiger partial charge in [-0.25, -0.2) is 9.59 Å². The van der Waals surface area contributed by atoms with Crippen molar-refractivity contribution in [3.63, 3.8) is 0 Å². The number of hydrogen-bond donors (Lipinski definition) is 0. The van der Waals surface area contributed by atoms with E-state index in [-0.39, 0.29) is 0 Å². The van der Waals surface area contributed by atoms with E-state index >= 15 is 0 Å². The molecule has 0 spiro atoms. The van der Waals surface area contributed by atoms with Gasteiger partial charge in [-0.15, -0.1) is 0 Å². The second kappa shape index (κ2) is 7.93. The molecule has 0 saturated heterocycles. The summed E-state index contributed by atoms with van der Waals surface area (Å²) in [5.41, 5.74) is 4.91. The fraction of sp³-hybridized carbons (Fsp3) is 0.0769. The molecule has 31 heavy (non-hydrogen) atoms. The molecule has 2 heterocycles. The molecule has 0 radical (unpaired) electrons. The van der Waals surface area contributed by atoms with Crippen molar-refractivity contribution in [2.75, 3.05) is 11.4 Å². The zero-order valence-electron chi connectivity index (χ0n) is 16.9. The lowest BCUT2D eigenvalue weighted by atomic mass is 9.97. The molecule has 0 fully saturated rings. The Hall–Kier alpha value is -3.57. The van der Waals surface area contributed by atoms with E-state index in [1.54, 1.807) is 36.0 Å². The van der Waals surface area contributed by atoms with Gasteiger partial charge >= 0.3 is 11.9 Å². The molecule has 5 heteroatoms. The van der Waals surface area contributed by atoms with Gasteiger partial charge < -0.3 is 9.64 Å². The number of thioether (sulfide) groups is 1. The van der Waals surface area contributed by atoms with Gasteiger partial charge in [0.15, 0.2) is 0 Å². The maximum atomic E-state index is 12.4. The third-order valence-corrected chi connectivity index (χ3v) is 6.52. The topological polar surface area (TPSA) is 46.6 Å². The third kappa shape index (κ3) is 3.47. The Morgan fingerprint density at radius 3 is 2.35 bits per heavy atom. The van der Waals surface area contributed by atoms with E-state index in [0.717, 1.165) is 17.3 Å². The highest BCUT2D eigenvalue weighted by Gasteiger charge is 2.29. The zero-order chi connectivity index (χ0) is 21.4. The van der Waals surface area contributed by atoms with Crippen LogP contribution in [0.2, 0.25) is 0 Å². The molecule has 0 aliphatic carbocycles. The molecule has 2 aliphatic heterocycles. The molecule has 152 valence electrons. The number of fused-ring (bicyclic) bond motifs is 2. The van der Waals surface area contributed by atoms with Gasteiger partial charge in [-0.1, -0.05) is 66.4 Å². The fourth-order valence-corrected chi connectivity index (χ4v) is 4.98. The molecule has 0 bridgehead atoms. The average Bonchev–Trinajstić information content (AvgIpc) is 3.16. The summed E-state index contributed by atoms with van der Waals surface area (Å²) in [6.07, 6.45) is 3.68. The standard InChI is InChI=1S/C26H19NO3S/c1-2-27-22-16-18(17-8-4-3-5-9-17)12-14-23(22)31-24(27)15-13-21-19-10-6-7-11-20(19)25(28)30-26(21)29/h3-16H,2H2,1H3/b21-13-,24-15-. The molecule has 3 aromatic carbocycles. The first-order chi connectivity index (χ1) is 15.2. The normalized spacial score (nSPS) is 17.6. The van der Waals surface area contributed by atoms with Crippen molar-refractivity contribution in [2.45, 2.75) is 11.8 Å². The number of ether oxygens (including phenoxy) is 1. The van der Waals surface area contributed by atoms with Gasteiger partial charge in [0.25, 0.3) is 0 Å². The number of esters is 2. The lowest BCUT2D eigenvalue weighted by Crippen LogP contribution is -2.22. The van der Waals surface area contributed by atoms with Crippen molar-refractivity contribution in [2.24, 2.45) is 0 Å². The summed E-state index contributed by atoms with van der Waals surface area (Å²) in [5, 5.41) is 1.03. The number of carbonyl (C=O) groups is 2. The minimum absolute atomic E-state index is 0.389. The Morgan fingerprint density at radius 2 is 1.58 bits per heavy atom. The van der Waals surface area contributed by atoms with Crippen molar-refractivity contribution in [1.29, 1.82) is 0 Å². The van der Waals surface area contributed by atoms with Gasteiger partial charge in [0.05, 0.1) is 21.9 Å². The van der Waals surface area contributed by atoms with Crippen LogP contribution in [0.4, 0.5) is 5.69 Å². The van der Waals surface area contributed by atoms with Crippen LogP contribution < -0.4 is 4.90 Å². The van der Waals surface area contributed by atoms with Crippen LogP contribution in [0.25, 0.3) is 16.7 Å². The number of rotatable bonds is 3. The first-order valence-corrected chi connectivity index (χ1v) is 10.9. The predicted octanol–water partition coefficient (Wildman–Crippen LogP) is 5.91. The van der Waals surface area contributed by atoms with Crippen LogP contribution in [-0.2, 0) is 9.53 Å². The number of cyclic esters (lactones) is 2. The molecule has 0 aromatic heterocycles. The van der Waals surface area contributed by atoms with Crippen LogP contribution in [0.5, 0.6) is 0 Å². The van der Waals surface area contributed by atoms with E-state index in [1.807, 2.05) is 30.3 Å². The number of benzene rings is 3. The lowest BCUT2D eigenvalue weighted by molar-refractivity contribution is -0.131. The largest absolute Gasteiger partial charge is 0.386 e. The Balaban J connectivity index is 1.52. The quantitative estimate of drug-likeness (QED) is 0.297. The fourth-order valence-electron chi connectivity index (χ4n) is 3.87. The zero-order valence-corrected chi connectivity index (χ0v) is 17.7. The number of carbonyl (C=O) groups excluding carboxylic acids is 2. The molecule has 5 rings (SSSR count). The van der Waals surface area contributed by atoms with Crippen molar-refractivity contribution in [3.8, 4) is 11.1 Å². The van der Waals surface area contributed by atoms with Gasteiger partial charge in [0.2, 0.25) is 0 Å². The predicted molar refractivity (Wildman–Crippen MR) is 124 cm³/mol. The molecule has 0 atom stereocenters. The number of hydrogen-bond acceptors (Lipinski definition) is 5. The maximum Gasteiger partial charge on any atom is 0.346 e. The monoisotopic (exact) mass is 425 g/mol. The van der Waals surface area contributed by atoms with E-state index in [1.165, 1.54) is 16.0 Å². The van der Waals surface area contributed by atoms with Crippen molar-refractivity contribution in [1.82, 2.24) is 0 Å². The SMILES string of the molecule is CCN1/C(=C/C=C2\C(=O)OC(=O)c3ccccc32)Sc2ccc(-c3ccccc3)cc21. The lowest BCUT2D eigenvalue weighted by Gasteiger charge is -2.19. The maximum absolute atomic E-state index is 12.4. The van der Waals surface area contributed by atoms with E-state index in [9.17, 15) is 9.59 Å². The second-order valence-corrected chi connectivity index (χ2v) is 8.26. The molecule has 2 aliphatic rings. The first-order valence-electron chi connectivity index (χ1n) is 10.1. The Labute approximate surface area is 184 Å². The number of anilines is 1. The van der Waals surface area contributed by atoms with Gasteiger partial charge in [0.1, 0.15) is 0 Å². The van der Waals surface area contributed by atoms with Gasteiger partial charge in [-0.05, 0) is 48.4 Å². The Morgan fingerprint density at radius 1 is 0.839 bits per heavy atom. The molecule has 4 nitrogen and oxygen atoms in total. The summed E-state index contributed by atoms with van der Waals surface area (Å²) in [4.78, 5) is 27.8. The van der Waals surface area contributed by atoms with Crippen LogP contribution >= 0.6 is 11.8 Å². The highest BCUT2D eigenvalue weighted by Crippen LogP contribution is 2.47. The number of allylic oxidation sites excluding steroid dienone is 2. The summed E-state index contributed by atoms with van der Waals surface area (Å²) in [5.74, 6) is -1.22. The average molecular weight is 426 g/mol. The minimum Gasteiger partial charge on any atom is -0.386 e. The van der Waals surface area contributed by atoms with Crippen LogP contribution in [0.3, 0.4) is 0 Å². The number of nitrogens with zero attached hydrogens (tertiary/aromatic N) is 1. The third-order valence-electron chi connectivity index (χ3n) is 5.39. The summed E-state index contributed by atoms with van der Waals surface area (Å²) in [7, 11) is 0.